The summed E-state index contributed by atoms with van der Waals surface area (Å²) in [6.07, 6.45) is 6.26. The average Bonchev–Trinajstić information content (AvgIpc) is 2.39. The highest BCUT2D eigenvalue weighted by atomic mass is 16.5. The Hall–Kier alpha value is -1.51. The topological polar surface area (TPSA) is 46.5 Å². The minimum Gasteiger partial charge on any atom is -0.490 e. The van der Waals surface area contributed by atoms with Crippen LogP contribution in [0.4, 0.5) is 0 Å². The van der Waals surface area contributed by atoms with Gasteiger partial charge in [-0.2, -0.15) is 0 Å². The van der Waals surface area contributed by atoms with Crippen molar-refractivity contribution in [2.45, 2.75) is 52.1 Å². The number of ether oxygens (including phenoxy) is 1. The average molecular weight is 262 g/mol. The number of rotatable bonds is 4. The molecule has 1 aromatic carbocycles. The van der Waals surface area contributed by atoms with Crippen molar-refractivity contribution in [2.75, 3.05) is 0 Å². The van der Waals surface area contributed by atoms with Gasteiger partial charge < -0.3 is 9.84 Å². The van der Waals surface area contributed by atoms with Crippen LogP contribution in [0, 0.1) is 12.8 Å². The first-order chi connectivity index (χ1) is 9.10. The van der Waals surface area contributed by atoms with Gasteiger partial charge in [-0.3, -0.25) is 0 Å². The SMILES string of the molecule is CCC1CCC(Oc2ccc(C(=O)O)c(C)c2)CC1. The molecule has 0 amide bonds. The highest BCUT2D eigenvalue weighted by Crippen LogP contribution is 2.29. The maximum Gasteiger partial charge on any atom is 0.335 e. The lowest BCUT2D eigenvalue weighted by Crippen LogP contribution is -2.23. The van der Waals surface area contributed by atoms with E-state index in [1.165, 1.54) is 19.3 Å². The molecule has 0 aliphatic heterocycles. The van der Waals surface area contributed by atoms with Crippen molar-refractivity contribution in [3.8, 4) is 5.75 Å². The molecule has 104 valence electrons. The summed E-state index contributed by atoms with van der Waals surface area (Å²) in [5.74, 6) is 0.769. The van der Waals surface area contributed by atoms with Gasteiger partial charge in [0.25, 0.3) is 0 Å². The molecule has 1 aromatic rings. The molecule has 3 nitrogen and oxygen atoms in total. The first kappa shape index (κ1) is 13.9. The molecule has 1 fully saturated rings. The fourth-order valence-corrected chi connectivity index (χ4v) is 2.80. The molecule has 2 rings (SSSR count). The van der Waals surface area contributed by atoms with E-state index < -0.39 is 5.97 Å². The molecule has 19 heavy (non-hydrogen) atoms. The molecular weight excluding hydrogens is 240 g/mol. The Morgan fingerprint density at radius 2 is 2.00 bits per heavy atom. The summed E-state index contributed by atoms with van der Waals surface area (Å²) in [7, 11) is 0. The zero-order valence-corrected chi connectivity index (χ0v) is 11.7. The first-order valence-corrected chi connectivity index (χ1v) is 7.10. The van der Waals surface area contributed by atoms with Crippen LogP contribution in [0.25, 0.3) is 0 Å². The van der Waals surface area contributed by atoms with Crippen molar-refractivity contribution in [3.05, 3.63) is 29.3 Å². The monoisotopic (exact) mass is 262 g/mol. The summed E-state index contributed by atoms with van der Waals surface area (Å²) in [5, 5.41) is 8.99. The van der Waals surface area contributed by atoms with Crippen LogP contribution in [0.2, 0.25) is 0 Å². The summed E-state index contributed by atoms with van der Waals surface area (Å²) in [6, 6.07) is 5.22. The number of aromatic carboxylic acids is 1. The Morgan fingerprint density at radius 1 is 1.32 bits per heavy atom. The number of benzene rings is 1. The highest BCUT2D eigenvalue weighted by Gasteiger charge is 2.21. The third kappa shape index (κ3) is 3.49. The molecular formula is C16H22O3. The molecule has 3 heteroatoms. The second-order valence-corrected chi connectivity index (χ2v) is 5.45. The van der Waals surface area contributed by atoms with Crippen molar-refractivity contribution in [3.63, 3.8) is 0 Å². The van der Waals surface area contributed by atoms with E-state index in [0.29, 0.717) is 5.56 Å². The minimum atomic E-state index is -0.882. The van der Waals surface area contributed by atoms with Gasteiger partial charge in [0, 0.05) is 0 Å². The van der Waals surface area contributed by atoms with E-state index in [2.05, 4.69) is 6.92 Å². The van der Waals surface area contributed by atoms with Crippen LogP contribution in [0.5, 0.6) is 5.75 Å². The Morgan fingerprint density at radius 3 is 2.53 bits per heavy atom. The van der Waals surface area contributed by atoms with Gasteiger partial charge in [-0.1, -0.05) is 13.3 Å². The van der Waals surface area contributed by atoms with Crippen LogP contribution in [-0.4, -0.2) is 17.2 Å². The van der Waals surface area contributed by atoms with Crippen molar-refractivity contribution in [1.29, 1.82) is 0 Å². The van der Waals surface area contributed by atoms with E-state index in [9.17, 15) is 4.79 Å². The standard InChI is InChI=1S/C16H22O3/c1-3-12-4-6-13(7-5-12)19-14-8-9-15(16(17)18)11(2)10-14/h8-10,12-13H,3-7H2,1-2H3,(H,17,18). The van der Waals surface area contributed by atoms with Crippen molar-refractivity contribution < 1.29 is 14.6 Å². The van der Waals surface area contributed by atoms with Crippen LogP contribution in [0.15, 0.2) is 18.2 Å². The summed E-state index contributed by atoms with van der Waals surface area (Å²) < 4.78 is 5.97. The molecule has 0 aromatic heterocycles. The van der Waals surface area contributed by atoms with Gasteiger partial charge in [-0.05, 0) is 62.3 Å². The fraction of sp³-hybridized carbons (Fsp3) is 0.562. The van der Waals surface area contributed by atoms with Crippen LogP contribution in [0.3, 0.4) is 0 Å². The summed E-state index contributed by atoms with van der Waals surface area (Å²) >= 11 is 0. The second kappa shape index (κ2) is 6.09. The van der Waals surface area contributed by atoms with Crippen molar-refractivity contribution in [1.82, 2.24) is 0 Å². The van der Waals surface area contributed by atoms with Crippen LogP contribution in [0.1, 0.15) is 54.9 Å². The Bertz CT molecular complexity index is 445. The predicted molar refractivity (Wildman–Crippen MR) is 74.8 cm³/mol. The van der Waals surface area contributed by atoms with Crippen LogP contribution >= 0.6 is 0 Å². The van der Waals surface area contributed by atoms with Gasteiger partial charge in [-0.25, -0.2) is 4.79 Å². The fourth-order valence-electron chi connectivity index (χ4n) is 2.80. The van der Waals surface area contributed by atoms with Gasteiger partial charge in [0.2, 0.25) is 0 Å². The first-order valence-electron chi connectivity index (χ1n) is 7.10. The van der Waals surface area contributed by atoms with Crippen molar-refractivity contribution >= 4 is 5.97 Å². The summed E-state index contributed by atoms with van der Waals surface area (Å²) in [5.41, 5.74) is 1.11. The third-order valence-electron chi connectivity index (χ3n) is 4.10. The predicted octanol–water partition coefficient (Wildman–Crippen LogP) is 4.04. The van der Waals surface area contributed by atoms with E-state index in [-0.39, 0.29) is 6.10 Å². The molecule has 0 heterocycles. The molecule has 1 N–H and O–H groups in total. The summed E-state index contributed by atoms with van der Waals surface area (Å²) in [4.78, 5) is 11.0. The largest absolute Gasteiger partial charge is 0.490 e. The molecule has 0 unspecified atom stereocenters. The maximum absolute atomic E-state index is 11.0. The Labute approximate surface area is 114 Å². The number of carboxylic acids is 1. The lowest BCUT2D eigenvalue weighted by Gasteiger charge is -2.28. The zero-order valence-electron chi connectivity index (χ0n) is 11.7. The lowest BCUT2D eigenvalue weighted by molar-refractivity contribution is 0.0696. The number of hydrogen-bond acceptors (Lipinski definition) is 2. The molecule has 0 radical (unpaired) electrons. The van der Waals surface area contributed by atoms with Crippen LogP contribution in [-0.2, 0) is 0 Å². The minimum absolute atomic E-state index is 0.290. The van der Waals surface area contributed by atoms with Gasteiger partial charge in [0.15, 0.2) is 0 Å². The van der Waals surface area contributed by atoms with E-state index in [1.54, 1.807) is 12.1 Å². The molecule has 0 spiro atoms. The Balaban J connectivity index is 1.97. The van der Waals surface area contributed by atoms with E-state index >= 15 is 0 Å². The number of hydrogen-bond donors (Lipinski definition) is 1. The lowest BCUT2D eigenvalue weighted by atomic mass is 9.86. The normalized spacial score (nSPS) is 23.1. The molecule has 0 atom stereocenters. The molecule has 1 aliphatic rings. The molecule has 0 bridgehead atoms. The molecule has 1 aliphatic carbocycles. The third-order valence-corrected chi connectivity index (χ3v) is 4.10. The highest BCUT2D eigenvalue weighted by molar-refractivity contribution is 5.89. The maximum atomic E-state index is 11.0. The van der Waals surface area contributed by atoms with Gasteiger partial charge in [0.1, 0.15) is 5.75 Å². The van der Waals surface area contributed by atoms with Gasteiger partial charge >= 0.3 is 5.97 Å². The zero-order chi connectivity index (χ0) is 13.8. The number of aryl methyl sites for hydroxylation is 1. The van der Waals surface area contributed by atoms with Gasteiger partial charge in [-0.15, -0.1) is 0 Å². The molecule has 1 saturated carbocycles. The van der Waals surface area contributed by atoms with Crippen LogP contribution < -0.4 is 4.74 Å². The van der Waals surface area contributed by atoms with E-state index in [1.807, 2.05) is 13.0 Å². The smallest absolute Gasteiger partial charge is 0.335 e. The molecule has 0 saturated heterocycles. The Kier molecular flexibility index (Phi) is 4.46. The second-order valence-electron chi connectivity index (χ2n) is 5.45. The van der Waals surface area contributed by atoms with E-state index in [0.717, 1.165) is 30.1 Å². The number of carbonyl (C=O) groups is 1. The van der Waals surface area contributed by atoms with E-state index in [4.69, 9.17) is 9.84 Å². The quantitative estimate of drug-likeness (QED) is 0.890. The number of carboxylic acid groups (broad SMARTS) is 1. The summed E-state index contributed by atoms with van der Waals surface area (Å²) in [6.45, 7) is 4.06. The van der Waals surface area contributed by atoms with Gasteiger partial charge in [0.05, 0.1) is 11.7 Å². The van der Waals surface area contributed by atoms with Crippen molar-refractivity contribution in [2.24, 2.45) is 5.92 Å².